The van der Waals surface area contributed by atoms with E-state index in [-0.39, 0.29) is 11.9 Å². The van der Waals surface area contributed by atoms with Gasteiger partial charge in [-0.25, -0.2) is 0 Å². The zero-order valence-corrected chi connectivity index (χ0v) is 8.77. The van der Waals surface area contributed by atoms with Gasteiger partial charge in [0.1, 0.15) is 0 Å². The van der Waals surface area contributed by atoms with Gasteiger partial charge in [0, 0.05) is 19.7 Å². The third kappa shape index (κ3) is 3.68. The molecule has 0 saturated heterocycles. The van der Waals surface area contributed by atoms with Gasteiger partial charge in [-0.2, -0.15) is 0 Å². The van der Waals surface area contributed by atoms with Crippen molar-refractivity contribution in [1.29, 1.82) is 0 Å². The third-order valence-corrected chi connectivity index (χ3v) is 1.59. The second-order valence-corrected chi connectivity index (χ2v) is 3.15. The summed E-state index contributed by atoms with van der Waals surface area (Å²) in [6.45, 7) is 0. The number of benzene rings is 1. The Morgan fingerprint density at radius 1 is 1.33 bits per heavy atom. The minimum Gasteiger partial charge on any atom is -0.368 e. The molecule has 1 amide bonds. The Hall–Kier alpha value is -2.04. The molecule has 0 bridgehead atoms. The van der Waals surface area contributed by atoms with Crippen LogP contribution in [0.25, 0.3) is 0 Å². The molecule has 0 fully saturated rings. The van der Waals surface area contributed by atoms with Crippen molar-refractivity contribution < 1.29 is 4.79 Å². The third-order valence-electron chi connectivity index (χ3n) is 1.59. The Bertz CT molecular complexity index is 359. The predicted octanol–water partition coefficient (Wildman–Crippen LogP) is 0.208. The van der Waals surface area contributed by atoms with Gasteiger partial charge < -0.3 is 5.73 Å². The smallest absolute Gasteiger partial charge is 0.257 e. The van der Waals surface area contributed by atoms with Crippen LogP contribution in [0, 0.1) is 0 Å². The average Bonchev–Trinajstić information content (AvgIpc) is 2.17. The van der Waals surface area contributed by atoms with E-state index in [1.54, 1.807) is 38.4 Å². The largest absolute Gasteiger partial charge is 0.368 e. The van der Waals surface area contributed by atoms with Gasteiger partial charge in [-0.05, 0) is 12.1 Å². The topological polar surface area (TPSA) is 70.7 Å². The molecule has 0 aliphatic rings. The number of carbonyl (C=O) groups excluding carboxylic acids is 1. The molecule has 5 heteroatoms. The molecule has 1 aromatic carbocycles. The Morgan fingerprint density at radius 3 is 2.47 bits per heavy atom. The molecule has 0 spiro atoms. The highest BCUT2D eigenvalue weighted by Gasteiger charge is 2.05. The molecule has 0 atom stereocenters. The van der Waals surface area contributed by atoms with Gasteiger partial charge >= 0.3 is 0 Å². The summed E-state index contributed by atoms with van der Waals surface area (Å²) in [7, 11) is 3.45. The number of carbonyl (C=O) groups is 1. The van der Waals surface area contributed by atoms with Crippen LogP contribution in [0.15, 0.2) is 35.4 Å². The number of amides is 1. The fraction of sp³-hybridized carbons (Fsp3) is 0.200. The second-order valence-electron chi connectivity index (χ2n) is 3.15. The minimum atomic E-state index is -0.265. The van der Waals surface area contributed by atoms with E-state index in [1.165, 1.54) is 5.01 Å². The standard InChI is InChI=1S/C10H14N4O/c1-14(2)13-10(11)12-9(15)8-6-4-3-5-7-8/h3-7H,1-2H3,(H3,11,12,13,15). The van der Waals surface area contributed by atoms with Crippen molar-refractivity contribution in [3.05, 3.63) is 35.9 Å². The summed E-state index contributed by atoms with van der Waals surface area (Å²) >= 11 is 0. The molecule has 1 rings (SSSR count). The summed E-state index contributed by atoms with van der Waals surface area (Å²) in [6.07, 6.45) is 0. The number of nitrogens with one attached hydrogen (secondary N) is 1. The lowest BCUT2D eigenvalue weighted by atomic mass is 10.2. The number of rotatable bonds is 2. The van der Waals surface area contributed by atoms with E-state index in [4.69, 9.17) is 5.73 Å². The molecule has 15 heavy (non-hydrogen) atoms. The first kappa shape index (κ1) is 11.0. The summed E-state index contributed by atoms with van der Waals surface area (Å²) in [4.78, 5) is 11.5. The lowest BCUT2D eigenvalue weighted by Crippen LogP contribution is -2.38. The summed E-state index contributed by atoms with van der Waals surface area (Å²) in [5.74, 6) is -0.187. The van der Waals surface area contributed by atoms with Gasteiger partial charge in [-0.1, -0.05) is 18.2 Å². The molecule has 0 aromatic heterocycles. The Morgan fingerprint density at radius 2 is 1.93 bits per heavy atom. The summed E-state index contributed by atoms with van der Waals surface area (Å²) in [5, 5.41) is 7.83. The van der Waals surface area contributed by atoms with E-state index in [0.717, 1.165) is 0 Å². The lowest BCUT2D eigenvalue weighted by molar-refractivity contribution is 0.0976. The summed E-state index contributed by atoms with van der Waals surface area (Å²) < 4.78 is 0. The lowest BCUT2D eigenvalue weighted by Gasteiger charge is -2.07. The van der Waals surface area contributed by atoms with Crippen LogP contribution in [0.4, 0.5) is 0 Å². The molecule has 0 unspecified atom stereocenters. The van der Waals surface area contributed by atoms with Crippen molar-refractivity contribution in [2.75, 3.05) is 14.1 Å². The highest BCUT2D eigenvalue weighted by atomic mass is 16.1. The summed E-state index contributed by atoms with van der Waals surface area (Å²) in [6, 6.07) is 8.83. The van der Waals surface area contributed by atoms with Crippen molar-refractivity contribution in [1.82, 2.24) is 10.3 Å². The molecule has 0 aliphatic carbocycles. The van der Waals surface area contributed by atoms with Crippen LogP contribution in [0.2, 0.25) is 0 Å². The van der Waals surface area contributed by atoms with Gasteiger partial charge in [0.2, 0.25) is 5.96 Å². The maximum absolute atomic E-state index is 11.5. The van der Waals surface area contributed by atoms with Gasteiger partial charge in [0.25, 0.3) is 5.91 Å². The fourth-order valence-electron chi connectivity index (χ4n) is 1.02. The van der Waals surface area contributed by atoms with E-state index >= 15 is 0 Å². The van der Waals surface area contributed by atoms with Gasteiger partial charge in [0.05, 0.1) is 0 Å². The number of nitrogens with zero attached hydrogens (tertiary/aromatic N) is 2. The zero-order valence-electron chi connectivity index (χ0n) is 8.77. The van der Waals surface area contributed by atoms with Crippen LogP contribution >= 0.6 is 0 Å². The van der Waals surface area contributed by atoms with E-state index in [1.807, 2.05) is 6.07 Å². The maximum atomic E-state index is 11.5. The molecule has 0 aliphatic heterocycles. The minimum absolute atomic E-state index is 0.0776. The Labute approximate surface area is 88.6 Å². The fourth-order valence-corrected chi connectivity index (χ4v) is 1.02. The van der Waals surface area contributed by atoms with Gasteiger partial charge in [0.15, 0.2) is 0 Å². The predicted molar refractivity (Wildman–Crippen MR) is 59.2 cm³/mol. The number of nitrogens with two attached hydrogens (primary N) is 1. The van der Waals surface area contributed by atoms with Crippen molar-refractivity contribution in [2.45, 2.75) is 0 Å². The molecule has 3 N–H and O–H groups in total. The first-order valence-corrected chi connectivity index (χ1v) is 4.47. The number of guanidine groups is 1. The molecule has 80 valence electrons. The SMILES string of the molecule is CN(C)N=C(N)NC(=O)c1ccccc1. The van der Waals surface area contributed by atoms with E-state index < -0.39 is 0 Å². The van der Waals surface area contributed by atoms with Gasteiger partial charge in [-0.15, -0.1) is 5.10 Å². The molecule has 5 nitrogen and oxygen atoms in total. The second kappa shape index (κ2) is 4.99. The van der Waals surface area contributed by atoms with Crippen molar-refractivity contribution in [3.63, 3.8) is 0 Å². The summed E-state index contributed by atoms with van der Waals surface area (Å²) in [5.41, 5.74) is 6.04. The zero-order chi connectivity index (χ0) is 11.3. The normalized spacial score (nSPS) is 10.9. The van der Waals surface area contributed by atoms with Crippen LogP contribution in [0.5, 0.6) is 0 Å². The molecule has 0 radical (unpaired) electrons. The molecule has 0 saturated carbocycles. The van der Waals surface area contributed by atoms with E-state index in [9.17, 15) is 4.79 Å². The number of hydrazone groups is 1. The van der Waals surface area contributed by atoms with Crippen molar-refractivity contribution in [2.24, 2.45) is 10.8 Å². The first-order chi connectivity index (χ1) is 7.09. The maximum Gasteiger partial charge on any atom is 0.257 e. The van der Waals surface area contributed by atoms with Crippen molar-refractivity contribution in [3.8, 4) is 0 Å². The number of hydrogen-bond donors (Lipinski definition) is 2. The first-order valence-electron chi connectivity index (χ1n) is 4.47. The van der Waals surface area contributed by atoms with Gasteiger partial charge in [-0.3, -0.25) is 15.1 Å². The van der Waals surface area contributed by atoms with E-state index in [0.29, 0.717) is 5.56 Å². The molecule has 1 aromatic rings. The van der Waals surface area contributed by atoms with Crippen LogP contribution < -0.4 is 11.1 Å². The highest BCUT2D eigenvalue weighted by molar-refractivity contribution is 6.05. The number of hydrogen-bond acceptors (Lipinski definition) is 3. The van der Waals surface area contributed by atoms with Crippen LogP contribution in [-0.4, -0.2) is 31.0 Å². The molecular weight excluding hydrogens is 192 g/mol. The van der Waals surface area contributed by atoms with Crippen molar-refractivity contribution >= 4 is 11.9 Å². The van der Waals surface area contributed by atoms with Crippen LogP contribution in [0.3, 0.4) is 0 Å². The Balaban J connectivity index is 2.65. The highest BCUT2D eigenvalue weighted by Crippen LogP contribution is 1.97. The Kier molecular flexibility index (Phi) is 3.68. The molecule has 0 heterocycles. The van der Waals surface area contributed by atoms with E-state index in [2.05, 4.69) is 10.4 Å². The molecular formula is C10H14N4O. The van der Waals surface area contributed by atoms with Crippen LogP contribution in [0.1, 0.15) is 10.4 Å². The average molecular weight is 206 g/mol. The quantitative estimate of drug-likeness (QED) is 0.413. The monoisotopic (exact) mass is 206 g/mol. The van der Waals surface area contributed by atoms with Crippen LogP contribution in [-0.2, 0) is 0 Å².